The Bertz CT molecular complexity index is 1110. The van der Waals surface area contributed by atoms with E-state index in [9.17, 15) is 0 Å². The van der Waals surface area contributed by atoms with Crippen LogP contribution < -0.4 is 5.32 Å². The van der Waals surface area contributed by atoms with Crippen LogP contribution in [0.5, 0.6) is 0 Å². The van der Waals surface area contributed by atoms with E-state index < -0.39 is 0 Å². The Morgan fingerprint density at radius 3 is 2.79 bits per heavy atom. The number of nitrogens with one attached hydrogen (secondary N) is 1. The molecule has 0 bridgehead atoms. The molecule has 6 nitrogen and oxygen atoms in total. The summed E-state index contributed by atoms with van der Waals surface area (Å²) in [5.74, 6) is 3.28. The van der Waals surface area contributed by atoms with E-state index in [-0.39, 0.29) is 0 Å². The van der Waals surface area contributed by atoms with E-state index in [2.05, 4.69) is 40.5 Å². The summed E-state index contributed by atoms with van der Waals surface area (Å²) in [4.78, 5) is 16.6. The number of nitrogens with zero attached hydrogens (tertiary/aromatic N) is 3. The molecular weight excluding hydrogens is 464 g/mol. The molecule has 0 amide bonds. The van der Waals surface area contributed by atoms with E-state index in [0.29, 0.717) is 12.0 Å². The minimum atomic E-state index is 0.435. The van der Waals surface area contributed by atoms with Gasteiger partial charge in [-0.1, -0.05) is 18.2 Å². The first-order valence-corrected chi connectivity index (χ1v) is 14.3. The number of hydrogen-bond acceptors (Lipinski definition) is 8. The van der Waals surface area contributed by atoms with Crippen LogP contribution in [0.25, 0.3) is 10.2 Å². The SMILES string of the molecule is c1ccc(SCc2nc(NCC(C3CCOC3)N3CCOCC3)c3c4c(sc3n2)CCC4)cc1. The summed E-state index contributed by atoms with van der Waals surface area (Å²) in [5, 5.41) is 5.10. The number of rotatable bonds is 8. The van der Waals surface area contributed by atoms with Crippen LogP contribution in [-0.4, -0.2) is 67.0 Å². The quantitative estimate of drug-likeness (QED) is 0.457. The molecular formula is C26H32N4O2S2. The third-order valence-corrected chi connectivity index (χ3v) is 9.42. The predicted molar refractivity (Wildman–Crippen MR) is 139 cm³/mol. The zero-order chi connectivity index (χ0) is 22.7. The van der Waals surface area contributed by atoms with E-state index in [1.807, 2.05) is 11.3 Å². The first-order chi connectivity index (χ1) is 16.8. The van der Waals surface area contributed by atoms with Crippen LogP contribution in [0.2, 0.25) is 0 Å². The topological polar surface area (TPSA) is 59.5 Å². The Kier molecular flexibility index (Phi) is 7.02. The molecule has 1 N–H and O–H groups in total. The average molecular weight is 497 g/mol. The molecule has 6 rings (SSSR count). The molecule has 1 aliphatic carbocycles. The van der Waals surface area contributed by atoms with Crippen molar-refractivity contribution in [3.8, 4) is 0 Å². The smallest absolute Gasteiger partial charge is 0.142 e. The molecule has 2 aliphatic heterocycles. The fourth-order valence-corrected chi connectivity index (χ4v) is 7.51. The maximum absolute atomic E-state index is 5.78. The summed E-state index contributed by atoms with van der Waals surface area (Å²) < 4.78 is 11.4. The second-order valence-corrected chi connectivity index (χ2v) is 11.5. The molecule has 0 spiro atoms. The minimum Gasteiger partial charge on any atom is -0.381 e. The highest BCUT2D eigenvalue weighted by atomic mass is 32.2. The second-order valence-electron chi connectivity index (χ2n) is 9.35. The van der Waals surface area contributed by atoms with E-state index >= 15 is 0 Å². The molecule has 0 radical (unpaired) electrons. The maximum Gasteiger partial charge on any atom is 0.142 e. The van der Waals surface area contributed by atoms with Crippen LogP contribution in [0.4, 0.5) is 5.82 Å². The molecule has 34 heavy (non-hydrogen) atoms. The Hall–Kier alpha value is -1.71. The monoisotopic (exact) mass is 496 g/mol. The molecule has 2 saturated heterocycles. The van der Waals surface area contributed by atoms with E-state index in [1.165, 1.54) is 33.6 Å². The highest BCUT2D eigenvalue weighted by Crippen LogP contribution is 2.40. The number of thiophene rings is 1. The van der Waals surface area contributed by atoms with E-state index in [0.717, 1.165) is 81.1 Å². The summed E-state index contributed by atoms with van der Waals surface area (Å²) in [7, 11) is 0. The average Bonchev–Trinajstić information content (AvgIpc) is 3.62. The Morgan fingerprint density at radius 1 is 1.09 bits per heavy atom. The Morgan fingerprint density at radius 2 is 1.97 bits per heavy atom. The molecule has 3 aromatic rings. The Balaban J connectivity index is 1.27. The zero-order valence-corrected chi connectivity index (χ0v) is 21.1. The fraction of sp³-hybridized carbons (Fsp3) is 0.538. The lowest BCUT2D eigenvalue weighted by Gasteiger charge is -2.37. The van der Waals surface area contributed by atoms with Crippen LogP contribution in [0, 0.1) is 5.92 Å². The number of aromatic nitrogens is 2. The van der Waals surface area contributed by atoms with Gasteiger partial charge in [0.25, 0.3) is 0 Å². The van der Waals surface area contributed by atoms with E-state index in [1.54, 1.807) is 11.8 Å². The van der Waals surface area contributed by atoms with Crippen molar-refractivity contribution in [2.45, 2.75) is 42.4 Å². The van der Waals surface area contributed by atoms with Gasteiger partial charge in [0.1, 0.15) is 16.5 Å². The molecule has 1 aromatic carbocycles. The van der Waals surface area contributed by atoms with Gasteiger partial charge in [0.05, 0.1) is 31.0 Å². The highest BCUT2D eigenvalue weighted by molar-refractivity contribution is 7.98. The molecule has 180 valence electrons. The number of aryl methyl sites for hydroxylation is 2. The first kappa shape index (κ1) is 22.7. The molecule has 8 heteroatoms. The number of morpholine rings is 1. The number of anilines is 1. The molecule has 2 unspecified atom stereocenters. The van der Waals surface area contributed by atoms with Crippen LogP contribution in [-0.2, 0) is 28.1 Å². The van der Waals surface area contributed by atoms with Crippen molar-refractivity contribution < 1.29 is 9.47 Å². The fourth-order valence-electron chi connectivity index (χ4n) is 5.46. The van der Waals surface area contributed by atoms with Gasteiger partial charge in [0.2, 0.25) is 0 Å². The second kappa shape index (κ2) is 10.5. The molecule has 2 atom stereocenters. The number of thioether (sulfide) groups is 1. The third kappa shape index (κ3) is 4.84. The minimum absolute atomic E-state index is 0.435. The lowest BCUT2D eigenvalue weighted by molar-refractivity contribution is 0.00460. The van der Waals surface area contributed by atoms with Gasteiger partial charge in [0.15, 0.2) is 0 Å². The number of fused-ring (bicyclic) bond motifs is 3. The van der Waals surface area contributed by atoms with Crippen LogP contribution >= 0.6 is 23.1 Å². The van der Waals surface area contributed by atoms with Gasteiger partial charge in [-0.25, -0.2) is 9.97 Å². The molecule has 3 aliphatic rings. The largest absolute Gasteiger partial charge is 0.381 e. The summed E-state index contributed by atoms with van der Waals surface area (Å²) in [6.45, 7) is 6.25. The molecule has 0 saturated carbocycles. The first-order valence-electron chi connectivity index (χ1n) is 12.5. The van der Waals surface area contributed by atoms with Crippen molar-refractivity contribution in [3.05, 3.63) is 46.6 Å². The summed E-state index contributed by atoms with van der Waals surface area (Å²) in [5.41, 5.74) is 1.48. The van der Waals surface area contributed by atoms with Gasteiger partial charge in [-0.2, -0.15) is 0 Å². The standard InChI is InChI=1S/C26H32N4O2S2/c1-2-5-19(6-3-1)33-17-23-28-25(24-20-7-4-8-22(20)34-26(24)29-23)27-15-21(18-9-12-32-16-18)30-10-13-31-14-11-30/h1-3,5-6,18,21H,4,7-17H2,(H,27,28,29). The predicted octanol–water partition coefficient (Wildman–Crippen LogP) is 4.62. The van der Waals surface area contributed by atoms with Gasteiger partial charge in [0, 0.05) is 48.0 Å². The van der Waals surface area contributed by atoms with Gasteiger partial charge in [-0.3, -0.25) is 4.90 Å². The van der Waals surface area contributed by atoms with Gasteiger partial charge < -0.3 is 14.8 Å². The maximum atomic E-state index is 5.78. The van der Waals surface area contributed by atoms with Crippen molar-refractivity contribution in [3.63, 3.8) is 0 Å². The zero-order valence-electron chi connectivity index (χ0n) is 19.5. The molecule has 2 fully saturated rings. The summed E-state index contributed by atoms with van der Waals surface area (Å²) in [6, 6.07) is 11.0. The number of hydrogen-bond donors (Lipinski definition) is 1. The highest BCUT2D eigenvalue weighted by Gasteiger charge is 2.32. The normalized spacial score (nSPS) is 21.7. The molecule has 4 heterocycles. The Labute approximate surface area is 209 Å². The lowest BCUT2D eigenvalue weighted by Crippen LogP contribution is -2.50. The van der Waals surface area contributed by atoms with Crippen LogP contribution in [0.3, 0.4) is 0 Å². The number of ether oxygens (including phenoxy) is 2. The summed E-state index contributed by atoms with van der Waals surface area (Å²) >= 11 is 3.68. The van der Waals surface area contributed by atoms with Gasteiger partial charge in [-0.05, 0) is 43.4 Å². The lowest BCUT2D eigenvalue weighted by atomic mass is 9.97. The van der Waals surface area contributed by atoms with Crippen molar-refractivity contribution in [1.82, 2.24) is 14.9 Å². The number of benzene rings is 1. The third-order valence-electron chi connectivity index (χ3n) is 7.22. The molecule has 2 aromatic heterocycles. The van der Waals surface area contributed by atoms with Crippen molar-refractivity contribution in [2.24, 2.45) is 5.92 Å². The summed E-state index contributed by atoms with van der Waals surface area (Å²) in [6.07, 6.45) is 4.71. The van der Waals surface area contributed by atoms with Crippen molar-refractivity contribution >= 4 is 39.1 Å². The van der Waals surface area contributed by atoms with Crippen molar-refractivity contribution in [2.75, 3.05) is 51.4 Å². The van der Waals surface area contributed by atoms with Gasteiger partial charge >= 0.3 is 0 Å². The van der Waals surface area contributed by atoms with E-state index in [4.69, 9.17) is 19.4 Å². The van der Waals surface area contributed by atoms with Gasteiger partial charge in [-0.15, -0.1) is 23.1 Å². The van der Waals surface area contributed by atoms with Crippen LogP contribution in [0.15, 0.2) is 35.2 Å². The van der Waals surface area contributed by atoms with Crippen molar-refractivity contribution in [1.29, 1.82) is 0 Å². The van der Waals surface area contributed by atoms with Crippen LogP contribution in [0.1, 0.15) is 29.1 Å².